The minimum absolute atomic E-state index is 0.219. The summed E-state index contributed by atoms with van der Waals surface area (Å²) in [5, 5.41) is 0. The van der Waals surface area contributed by atoms with Crippen LogP contribution in [0, 0.1) is 0 Å². The van der Waals surface area contributed by atoms with E-state index in [1.54, 1.807) is 18.7 Å². The molecule has 0 saturated carbocycles. The van der Waals surface area contributed by atoms with Gasteiger partial charge in [0.25, 0.3) is 0 Å². The Kier molecular flexibility index (Phi) is 5.26. The van der Waals surface area contributed by atoms with E-state index in [1.807, 2.05) is 30.5 Å². The number of benzene rings is 1. The highest BCUT2D eigenvalue weighted by Crippen LogP contribution is 2.26. The molecule has 1 rings (SSSR count). The zero-order valence-electron chi connectivity index (χ0n) is 9.16. The van der Waals surface area contributed by atoms with Crippen molar-refractivity contribution < 1.29 is 9.53 Å². The van der Waals surface area contributed by atoms with Gasteiger partial charge in [-0.2, -0.15) is 0 Å². The average Bonchev–Trinajstić information content (AvgIpc) is 2.24. The molecule has 0 N–H and O–H groups in total. The summed E-state index contributed by atoms with van der Waals surface area (Å²) in [6.07, 6.45) is 3.41. The lowest BCUT2D eigenvalue weighted by Crippen LogP contribution is -2.01. The first-order valence-corrected chi connectivity index (χ1v) is 6.21. The van der Waals surface area contributed by atoms with Gasteiger partial charge in [0, 0.05) is 11.3 Å². The molecule has 0 heterocycles. The molecule has 0 radical (unpaired) electrons. The van der Waals surface area contributed by atoms with Crippen molar-refractivity contribution >= 4 is 17.5 Å². The minimum Gasteiger partial charge on any atom is -0.492 e. The monoisotopic (exact) mass is 224 g/mol. The normalized spacial score (nSPS) is 10.0. The van der Waals surface area contributed by atoms with Crippen LogP contribution in [0.4, 0.5) is 0 Å². The highest BCUT2D eigenvalue weighted by Gasteiger charge is 2.01. The molecule has 0 bridgehead atoms. The number of Topliss-reactive ketones (excluding diaryl/α,β-unsaturated/α-hetero) is 1. The summed E-state index contributed by atoms with van der Waals surface area (Å²) < 4.78 is 5.61. The molecule has 0 amide bonds. The third-order valence-corrected chi connectivity index (χ3v) is 2.78. The van der Waals surface area contributed by atoms with Gasteiger partial charge < -0.3 is 9.53 Å². The third kappa shape index (κ3) is 4.38. The van der Waals surface area contributed by atoms with Crippen LogP contribution in [0.25, 0.3) is 0 Å². The maximum atomic E-state index is 10.7. The molecule has 0 atom stereocenters. The smallest absolute Gasteiger partial charge is 0.132 e. The van der Waals surface area contributed by atoms with Gasteiger partial charge in [-0.15, -0.1) is 11.8 Å². The van der Waals surface area contributed by atoms with Crippen LogP contribution in [-0.2, 0) is 4.79 Å². The summed E-state index contributed by atoms with van der Waals surface area (Å²) in [5.41, 5.74) is 0. The van der Waals surface area contributed by atoms with Gasteiger partial charge in [0.1, 0.15) is 11.5 Å². The molecular formula is C12H16O2S. The van der Waals surface area contributed by atoms with E-state index < -0.39 is 0 Å². The van der Waals surface area contributed by atoms with Crippen molar-refractivity contribution in [3.8, 4) is 5.75 Å². The lowest BCUT2D eigenvalue weighted by Gasteiger charge is -2.08. The van der Waals surface area contributed by atoms with Gasteiger partial charge in [-0.25, -0.2) is 0 Å². The van der Waals surface area contributed by atoms with Crippen LogP contribution < -0.4 is 4.74 Å². The molecule has 1 aromatic carbocycles. The predicted molar refractivity (Wildman–Crippen MR) is 63.6 cm³/mol. The number of carbonyl (C=O) groups is 1. The Balaban J connectivity index is 2.39. The second kappa shape index (κ2) is 6.51. The maximum absolute atomic E-state index is 10.7. The highest BCUT2D eigenvalue weighted by molar-refractivity contribution is 7.98. The van der Waals surface area contributed by atoms with Crippen LogP contribution in [0.1, 0.15) is 19.8 Å². The molecule has 0 aliphatic heterocycles. The SMILES string of the molecule is CSc1ccccc1OCCCC(C)=O. The van der Waals surface area contributed by atoms with E-state index in [-0.39, 0.29) is 5.78 Å². The van der Waals surface area contributed by atoms with Crippen LogP contribution >= 0.6 is 11.8 Å². The molecule has 0 unspecified atom stereocenters. The maximum Gasteiger partial charge on any atom is 0.132 e. The third-order valence-electron chi connectivity index (χ3n) is 2.00. The van der Waals surface area contributed by atoms with Crippen molar-refractivity contribution in [3.05, 3.63) is 24.3 Å². The number of rotatable bonds is 6. The first-order chi connectivity index (χ1) is 7.24. The van der Waals surface area contributed by atoms with E-state index in [1.165, 1.54) is 0 Å². The largest absolute Gasteiger partial charge is 0.492 e. The van der Waals surface area contributed by atoms with E-state index in [2.05, 4.69) is 0 Å². The molecule has 0 aliphatic carbocycles. The van der Waals surface area contributed by atoms with E-state index in [4.69, 9.17) is 4.74 Å². The summed E-state index contributed by atoms with van der Waals surface area (Å²) >= 11 is 1.67. The number of carbonyl (C=O) groups excluding carboxylic acids is 1. The Morgan fingerprint density at radius 2 is 2.13 bits per heavy atom. The summed E-state index contributed by atoms with van der Waals surface area (Å²) in [6.45, 7) is 2.22. The second-order valence-electron chi connectivity index (χ2n) is 3.30. The molecule has 3 heteroatoms. The Bertz CT molecular complexity index is 323. The first kappa shape index (κ1) is 12.1. The summed E-state index contributed by atoms with van der Waals surface area (Å²) in [7, 11) is 0. The van der Waals surface area contributed by atoms with E-state index >= 15 is 0 Å². The quantitative estimate of drug-likeness (QED) is 0.548. The van der Waals surface area contributed by atoms with Gasteiger partial charge >= 0.3 is 0 Å². The van der Waals surface area contributed by atoms with Gasteiger partial charge in [0.2, 0.25) is 0 Å². The Morgan fingerprint density at radius 1 is 1.40 bits per heavy atom. The van der Waals surface area contributed by atoms with Crippen LogP contribution in [0.15, 0.2) is 29.2 Å². The van der Waals surface area contributed by atoms with Crippen LogP contribution in [0.2, 0.25) is 0 Å². The molecule has 82 valence electrons. The number of hydrogen-bond acceptors (Lipinski definition) is 3. The van der Waals surface area contributed by atoms with Crippen molar-refractivity contribution in [2.75, 3.05) is 12.9 Å². The van der Waals surface area contributed by atoms with Crippen molar-refractivity contribution in [1.29, 1.82) is 0 Å². The Hall–Kier alpha value is -0.960. The summed E-state index contributed by atoms with van der Waals surface area (Å²) in [5.74, 6) is 1.13. The van der Waals surface area contributed by atoms with Crippen LogP contribution in [-0.4, -0.2) is 18.6 Å². The summed E-state index contributed by atoms with van der Waals surface area (Å²) in [6, 6.07) is 7.94. The van der Waals surface area contributed by atoms with Crippen molar-refractivity contribution in [1.82, 2.24) is 0 Å². The minimum atomic E-state index is 0.219. The van der Waals surface area contributed by atoms with Gasteiger partial charge in [-0.1, -0.05) is 12.1 Å². The Labute approximate surface area is 95.0 Å². The van der Waals surface area contributed by atoms with Crippen molar-refractivity contribution in [3.63, 3.8) is 0 Å². The molecule has 15 heavy (non-hydrogen) atoms. The van der Waals surface area contributed by atoms with Gasteiger partial charge in [-0.05, 0) is 31.7 Å². The Morgan fingerprint density at radius 3 is 2.80 bits per heavy atom. The molecule has 2 nitrogen and oxygen atoms in total. The lowest BCUT2D eigenvalue weighted by molar-refractivity contribution is -0.117. The number of hydrogen-bond donors (Lipinski definition) is 0. The zero-order chi connectivity index (χ0) is 11.1. The molecule has 0 spiro atoms. The zero-order valence-corrected chi connectivity index (χ0v) is 9.97. The lowest BCUT2D eigenvalue weighted by atomic mass is 10.2. The van der Waals surface area contributed by atoms with Crippen molar-refractivity contribution in [2.24, 2.45) is 0 Å². The van der Waals surface area contributed by atoms with E-state index in [0.29, 0.717) is 13.0 Å². The molecule has 0 aromatic heterocycles. The van der Waals surface area contributed by atoms with Gasteiger partial charge in [-0.3, -0.25) is 0 Å². The van der Waals surface area contributed by atoms with Gasteiger partial charge in [0.05, 0.1) is 6.61 Å². The van der Waals surface area contributed by atoms with E-state index in [9.17, 15) is 4.79 Å². The molecule has 0 saturated heterocycles. The molecule has 0 fully saturated rings. The first-order valence-electron chi connectivity index (χ1n) is 4.99. The molecule has 0 aliphatic rings. The number of para-hydroxylation sites is 1. The fraction of sp³-hybridized carbons (Fsp3) is 0.417. The van der Waals surface area contributed by atoms with Crippen LogP contribution in [0.5, 0.6) is 5.75 Å². The molecular weight excluding hydrogens is 208 g/mol. The van der Waals surface area contributed by atoms with E-state index in [0.717, 1.165) is 17.1 Å². The second-order valence-corrected chi connectivity index (χ2v) is 4.15. The average molecular weight is 224 g/mol. The highest BCUT2D eigenvalue weighted by atomic mass is 32.2. The van der Waals surface area contributed by atoms with Crippen LogP contribution in [0.3, 0.4) is 0 Å². The fourth-order valence-electron chi connectivity index (χ4n) is 1.24. The summed E-state index contributed by atoms with van der Waals surface area (Å²) in [4.78, 5) is 11.9. The standard InChI is InChI=1S/C12H16O2S/c1-10(13)6-5-9-14-11-7-3-4-8-12(11)15-2/h3-4,7-8H,5-6,9H2,1-2H3. The molecule has 1 aromatic rings. The fourth-order valence-corrected chi connectivity index (χ4v) is 1.78. The number of ether oxygens (including phenoxy) is 1. The van der Waals surface area contributed by atoms with Gasteiger partial charge in [0.15, 0.2) is 0 Å². The number of thioether (sulfide) groups is 1. The topological polar surface area (TPSA) is 26.3 Å². The predicted octanol–water partition coefficient (Wildman–Crippen LogP) is 3.16. The van der Waals surface area contributed by atoms with Crippen molar-refractivity contribution in [2.45, 2.75) is 24.7 Å². The number of ketones is 1.